The van der Waals surface area contributed by atoms with Gasteiger partial charge in [-0.05, 0) is 18.6 Å². The maximum absolute atomic E-state index is 12.9. The molecule has 0 bridgehead atoms. The molecule has 1 saturated heterocycles. The molecular formula is C21H21N7O2. The zero-order chi connectivity index (χ0) is 20.7. The Morgan fingerprint density at radius 3 is 2.87 bits per heavy atom. The molecule has 9 nitrogen and oxygen atoms in total. The van der Waals surface area contributed by atoms with Gasteiger partial charge in [0, 0.05) is 24.4 Å². The summed E-state index contributed by atoms with van der Waals surface area (Å²) in [5, 5.41) is 13.4. The van der Waals surface area contributed by atoms with Crippen LogP contribution >= 0.6 is 0 Å². The summed E-state index contributed by atoms with van der Waals surface area (Å²) in [5.41, 5.74) is 1.82. The van der Waals surface area contributed by atoms with Gasteiger partial charge in [-0.2, -0.15) is 4.98 Å². The van der Waals surface area contributed by atoms with Crippen molar-refractivity contribution in [2.24, 2.45) is 0 Å². The molecule has 9 heteroatoms. The maximum Gasteiger partial charge on any atom is 0.280 e. The van der Waals surface area contributed by atoms with Crippen molar-refractivity contribution < 1.29 is 9.32 Å². The van der Waals surface area contributed by atoms with E-state index in [1.54, 1.807) is 16.9 Å². The lowest BCUT2D eigenvalue weighted by Gasteiger charge is -2.16. The van der Waals surface area contributed by atoms with Gasteiger partial charge < -0.3 is 9.42 Å². The highest BCUT2D eigenvalue weighted by molar-refractivity contribution is 5.95. The number of aromatic nitrogens is 6. The normalized spacial score (nSPS) is 16.6. The lowest BCUT2D eigenvalue weighted by Crippen LogP contribution is -2.29. The van der Waals surface area contributed by atoms with Crippen LogP contribution in [0.25, 0.3) is 22.5 Å². The molecule has 1 aromatic carbocycles. The summed E-state index contributed by atoms with van der Waals surface area (Å²) in [7, 11) is 0. The predicted octanol–water partition coefficient (Wildman–Crippen LogP) is 3.09. The summed E-state index contributed by atoms with van der Waals surface area (Å²) in [6.45, 7) is 5.20. The highest BCUT2D eigenvalue weighted by atomic mass is 16.5. The standard InChI is InChI=1S/C21H21N7O2/c1-13(2)19-23-20(30-25-19)18-12-28(26-24-18)15-9-10-27(11-15)21(29)17-8-7-14-5-3-4-6-16(14)22-17/h3-8,12-13,15H,9-11H2,1-2H3/t15-/m0/s1. The van der Waals surface area contributed by atoms with E-state index in [4.69, 9.17) is 4.52 Å². The number of para-hydroxylation sites is 1. The van der Waals surface area contributed by atoms with Gasteiger partial charge in [0.1, 0.15) is 5.69 Å². The van der Waals surface area contributed by atoms with Crippen molar-refractivity contribution in [2.75, 3.05) is 13.1 Å². The molecule has 1 aliphatic heterocycles. The molecule has 1 amide bonds. The molecule has 4 aromatic rings. The number of nitrogens with zero attached hydrogens (tertiary/aromatic N) is 7. The van der Waals surface area contributed by atoms with Crippen LogP contribution in [0.15, 0.2) is 47.1 Å². The Bertz CT molecular complexity index is 1210. The topological polar surface area (TPSA) is 103 Å². The van der Waals surface area contributed by atoms with Crippen LogP contribution in [-0.2, 0) is 0 Å². The zero-order valence-corrected chi connectivity index (χ0v) is 16.8. The van der Waals surface area contributed by atoms with Crippen molar-refractivity contribution in [3.05, 3.63) is 54.1 Å². The molecule has 1 fully saturated rings. The van der Waals surface area contributed by atoms with E-state index in [1.807, 2.05) is 49.1 Å². The average Bonchev–Trinajstić information content (AvgIpc) is 3.52. The van der Waals surface area contributed by atoms with Crippen LogP contribution in [0.2, 0.25) is 0 Å². The number of hydrogen-bond donors (Lipinski definition) is 0. The fourth-order valence-corrected chi connectivity index (χ4v) is 3.62. The average molecular weight is 403 g/mol. The van der Waals surface area contributed by atoms with Gasteiger partial charge in [-0.3, -0.25) is 4.79 Å². The van der Waals surface area contributed by atoms with Gasteiger partial charge in [0.15, 0.2) is 11.5 Å². The van der Waals surface area contributed by atoms with Crippen LogP contribution in [0, 0.1) is 0 Å². The molecule has 1 atom stereocenters. The van der Waals surface area contributed by atoms with Crippen LogP contribution < -0.4 is 0 Å². The van der Waals surface area contributed by atoms with E-state index in [1.165, 1.54) is 0 Å². The number of carbonyl (C=O) groups is 1. The second kappa shape index (κ2) is 7.33. The van der Waals surface area contributed by atoms with Gasteiger partial charge in [0.25, 0.3) is 11.8 Å². The van der Waals surface area contributed by atoms with Gasteiger partial charge in [-0.1, -0.05) is 48.5 Å². The van der Waals surface area contributed by atoms with E-state index in [9.17, 15) is 4.79 Å². The monoisotopic (exact) mass is 403 g/mol. The Balaban J connectivity index is 1.30. The van der Waals surface area contributed by atoms with Gasteiger partial charge in [-0.25, -0.2) is 9.67 Å². The van der Waals surface area contributed by atoms with Crippen molar-refractivity contribution >= 4 is 16.8 Å². The smallest absolute Gasteiger partial charge is 0.280 e. The number of benzene rings is 1. The third-order valence-corrected chi connectivity index (χ3v) is 5.33. The number of amides is 1. The minimum Gasteiger partial charge on any atom is -0.335 e. The number of rotatable bonds is 4. The molecular weight excluding hydrogens is 382 g/mol. The molecule has 4 heterocycles. The highest BCUT2D eigenvalue weighted by Gasteiger charge is 2.30. The van der Waals surface area contributed by atoms with E-state index < -0.39 is 0 Å². The summed E-state index contributed by atoms with van der Waals surface area (Å²) >= 11 is 0. The number of fused-ring (bicyclic) bond motifs is 1. The van der Waals surface area contributed by atoms with Crippen LogP contribution in [0.3, 0.4) is 0 Å². The Morgan fingerprint density at radius 2 is 2.03 bits per heavy atom. The van der Waals surface area contributed by atoms with Gasteiger partial charge in [-0.15, -0.1) is 5.10 Å². The predicted molar refractivity (Wildman–Crippen MR) is 109 cm³/mol. The SMILES string of the molecule is CC(C)c1noc(-c2cn([C@H]3CCN(C(=O)c4ccc5ccccc5n4)C3)nn2)n1. The summed E-state index contributed by atoms with van der Waals surface area (Å²) in [6, 6.07) is 11.5. The number of pyridine rings is 1. The maximum atomic E-state index is 12.9. The molecule has 0 N–H and O–H groups in total. The number of hydrogen-bond acceptors (Lipinski definition) is 7. The van der Waals surface area contributed by atoms with Crippen molar-refractivity contribution in [3.8, 4) is 11.6 Å². The first-order chi connectivity index (χ1) is 14.6. The van der Waals surface area contributed by atoms with Gasteiger partial charge in [0.05, 0.1) is 17.8 Å². The summed E-state index contributed by atoms with van der Waals surface area (Å²) in [4.78, 5) is 23.6. The molecule has 30 heavy (non-hydrogen) atoms. The fourth-order valence-electron chi connectivity index (χ4n) is 3.62. The molecule has 0 saturated carbocycles. The van der Waals surface area contributed by atoms with E-state index in [-0.39, 0.29) is 17.9 Å². The molecule has 0 spiro atoms. The fraction of sp³-hybridized carbons (Fsp3) is 0.333. The molecule has 0 aliphatic carbocycles. The van der Waals surface area contributed by atoms with E-state index >= 15 is 0 Å². The van der Waals surface area contributed by atoms with Crippen LogP contribution in [0.4, 0.5) is 0 Å². The van der Waals surface area contributed by atoms with E-state index in [0.717, 1.165) is 17.3 Å². The van der Waals surface area contributed by atoms with Crippen LogP contribution in [-0.4, -0.2) is 54.0 Å². The second-order valence-corrected chi connectivity index (χ2v) is 7.78. The Labute approximate surface area is 172 Å². The van der Waals surface area contributed by atoms with E-state index in [0.29, 0.717) is 36.2 Å². The zero-order valence-electron chi connectivity index (χ0n) is 16.8. The molecule has 152 valence electrons. The quantitative estimate of drug-likeness (QED) is 0.516. The molecule has 1 aliphatic rings. The lowest BCUT2D eigenvalue weighted by molar-refractivity contribution is 0.0781. The van der Waals surface area contributed by atoms with Crippen molar-refractivity contribution in [2.45, 2.75) is 32.2 Å². The second-order valence-electron chi connectivity index (χ2n) is 7.78. The molecule has 0 radical (unpaired) electrons. The van der Waals surface area contributed by atoms with E-state index in [2.05, 4.69) is 25.4 Å². The number of likely N-dealkylation sites (tertiary alicyclic amines) is 1. The lowest BCUT2D eigenvalue weighted by atomic mass is 10.2. The third-order valence-electron chi connectivity index (χ3n) is 5.33. The molecule has 5 rings (SSSR count). The summed E-state index contributed by atoms with van der Waals surface area (Å²) < 4.78 is 7.06. The molecule has 3 aromatic heterocycles. The van der Waals surface area contributed by atoms with Gasteiger partial charge in [0.2, 0.25) is 0 Å². The summed E-state index contributed by atoms with van der Waals surface area (Å²) in [6.07, 6.45) is 2.59. The van der Waals surface area contributed by atoms with Crippen molar-refractivity contribution in [1.29, 1.82) is 0 Å². The van der Waals surface area contributed by atoms with Crippen molar-refractivity contribution in [1.82, 2.24) is 35.0 Å². The minimum atomic E-state index is -0.0675. The third kappa shape index (κ3) is 3.32. The number of carbonyl (C=O) groups excluding carboxylic acids is 1. The Hall–Kier alpha value is -3.62. The Kier molecular flexibility index (Phi) is 4.50. The largest absolute Gasteiger partial charge is 0.335 e. The van der Waals surface area contributed by atoms with Gasteiger partial charge >= 0.3 is 0 Å². The first-order valence-electron chi connectivity index (χ1n) is 9.99. The van der Waals surface area contributed by atoms with Crippen LogP contribution in [0.5, 0.6) is 0 Å². The first kappa shape index (κ1) is 18.4. The van der Waals surface area contributed by atoms with Crippen molar-refractivity contribution in [3.63, 3.8) is 0 Å². The highest BCUT2D eigenvalue weighted by Crippen LogP contribution is 2.25. The molecule has 0 unspecified atom stereocenters. The van der Waals surface area contributed by atoms with Crippen LogP contribution in [0.1, 0.15) is 48.5 Å². The Morgan fingerprint density at radius 1 is 1.17 bits per heavy atom. The first-order valence-corrected chi connectivity index (χ1v) is 9.99. The summed E-state index contributed by atoms with van der Waals surface area (Å²) in [5.74, 6) is 1.11. The minimum absolute atomic E-state index is 0.0446.